The molecule has 0 bridgehead atoms. The number of aromatic amines is 1. The van der Waals surface area contributed by atoms with Crippen LogP contribution in [0.4, 0.5) is 5.69 Å². The molecule has 0 aliphatic rings. The Balaban J connectivity index is 1.58. The van der Waals surface area contributed by atoms with Crippen molar-refractivity contribution in [2.75, 3.05) is 19.0 Å². The van der Waals surface area contributed by atoms with Crippen molar-refractivity contribution in [1.29, 1.82) is 0 Å². The van der Waals surface area contributed by atoms with Crippen LogP contribution in [0.25, 0.3) is 0 Å². The fraction of sp³-hybridized carbons (Fsp3) is 0.294. The first-order valence-corrected chi connectivity index (χ1v) is 9.26. The number of H-pyrrole nitrogens is 1. The highest BCUT2D eigenvalue weighted by Crippen LogP contribution is 2.24. The van der Waals surface area contributed by atoms with Gasteiger partial charge in [0.1, 0.15) is 0 Å². The van der Waals surface area contributed by atoms with Gasteiger partial charge in [-0.1, -0.05) is 23.9 Å². The fourth-order valence-electron chi connectivity index (χ4n) is 2.22. The lowest BCUT2D eigenvalue weighted by Gasteiger charge is -2.12. The lowest BCUT2D eigenvalue weighted by atomic mass is 10.1. The van der Waals surface area contributed by atoms with Crippen molar-refractivity contribution in [3.63, 3.8) is 0 Å². The third-order valence-corrected chi connectivity index (χ3v) is 5.57. The Morgan fingerprint density at radius 1 is 1.13 bits per heavy atom. The van der Waals surface area contributed by atoms with Gasteiger partial charge in [0.05, 0.1) is 0 Å². The topological polar surface area (TPSA) is 44.8 Å². The van der Waals surface area contributed by atoms with Crippen molar-refractivity contribution in [3.05, 3.63) is 57.5 Å². The maximum absolute atomic E-state index is 4.58. The Hall–Kier alpha value is -1.79. The second-order valence-electron chi connectivity index (χ2n) is 5.60. The van der Waals surface area contributed by atoms with E-state index < -0.39 is 0 Å². The van der Waals surface area contributed by atoms with E-state index in [1.54, 1.807) is 11.8 Å². The number of hydrogen-bond acceptors (Lipinski definition) is 5. The lowest BCUT2D eigenvalue weighted by molar-refractivity contribution is 0.956. The van der Waals surface area contributed by atoms with E-state index in [2.05, 4.69) is 63.4 Å². The second-order valence-corrected chi connectivity index (χ2v) is 7.93. The minimum Gasteiger partial charge on any atom is -0.378 e. The summed E-state index contributed by atoms with van der Waals surface area (Å²) in [7, 11) is 4.09. The predicted octanol–water partition coefficient (Wildman–Crippen LogP) is 4.12. The van der Waals surface area contributed by atoms with Crippen molar-refractivity contribution < 1.29 is 0 Å². The molecular weight excluding hydrogens is 324 g/mol. The smallest absolute Gasteiger partial charge is 0.184 e. The summed E-state index contributed by atoms with van der Waals surface area (Å²) in [6.07, 6.45) is 0.753. The molecule has 0 fully saturated rings. The van der Waals surface area contributed by atoms with Crippen molar-refractivity contribution in [3.8, 4) is 0 Å². The standard InChI is InChI=1S/C17H20N4S2/c1-12-4-9-15(23-12)11-22-17-18-16(19-20-17)10-13-5-7-14(8-6-13)21(2)3/h4-9H,10-11H2,1-3H3,(H,18,19,20). The third-order valence-electron chi connectivity index (χ3n) is 3.47. The van der Waals surface area contributed by atoms with E-state index in [0.717, 1.165) is 23.2 Å². The van der Waals surface area contributed by atoms with E-state index in [-0.39, 0.29) is 0 Å². The third kappa shape index (κ3) is 4.36. The Labute approximate surface area is 145 Å². The highest BCUT2D eigenvalue weighted by atomic mass is 32.2. The summed E-state index contributed by atoms with van der Waals surface area (Å²) < 4.78 is 0. The number of aromatic nitrogens is 3. The molecule has 2 aromatic heterocycles. The molecule has 0 radical (unpaired) electrons. The zero-order valence-corrected chi connectivity index (χ0v) is 15.2. The van der Waals surface area contributed by atoms with E-state index in [9.17, 15) is 0 Å². The van der Waals surface area contributed by atoms with Crippen LogP contribution >= 0.6 is 23.1 Å². The molecule has 4 nitrogen and oxygen atoms in total. The number of aryl methyl sites for hydroxylation is 1. The lowest BCUT2D eigenvalue weighted by Crippen LogP contribution is -2.08. The van der Waals surface area contributed by atoms with E-state index in [1.807, 2.05) is 25.4 Å². The number of benzene rings is 1. The van der Waals surface area contributed by atoms with Crippen molar-refractivity contribution in [2.24, 2.45) is 0 Å². The first-order chi connectivity index (χ1) is 11.1. The van der Waals surface area contributed by atoms with E-state index in [4.69, 9.17) is 0 Å². The van der Waals surface area contributed by atoms with Crippen molar-refractivity contribution in [1.82, 2.24) is 15.2 Å². The van der Waals surface area contributed by atoms with Gasteiger partial charge in [-0.15, -0.1) is 11.3 Å². The van der Waals surface area contributed by atoms with E-state index in [1.165, 1.54) is 21.0 Å². The van der Waals surface area contributed by atoms with Crippen LogP contribution in [0.1, 0.15) is 21.1 Å². The number of thiophene rings is 1. The molecule has 3 rings (SSSR count). The molecule has 1 N–H and O–H groups in total. The molecule has 0 aliphatic heterocycles. The summed E-state index contributed by atoms with van der Waals surface area (Å²) >= 11 is 3.53. The maximum Gasteiger partial charge on any atom is 0.184 e. The Morgan fingerprint density at radius 3 is 2.57 bits per heavy atom. The monoisotopic (exact) mass is 344 g/mol. The zero-order valence-electron chi connectivity index (χ0n) is 13.5. The van der Waals surface area contributed by atoms with Gasteiger partial charge < -0.3 is 4.90 Å². The van der Waals surface area contributed by atoms with Crippen molar-refractivity contribution >= 4 is 28.8 Å². The quantitative estimate of drug-likeness (QED) is 0.683. The number of nitrogens with one attached hydrogen (secondary N) is 1. The molecule has 0 saturated heterocycles. The predicted molar refractivity (Wildman–Crippen MR) is 98.6 cm³/mol. The summed E-state index contributed by atoms with van der Waals surface area (Å²) in [6, 6.07) is 12.8. The average Bonchev–Trinajstić information content (AvgIpc) is 3.15. The number of anilines is 1. The summed E-state index contributed by atoms with van der Waals surface area (Å²) in [5, 5.41) is 8.24. The summed E-state index contributed by atoms with van der Waals surface area (Å²) in [4.78, 5) is 9.38. The molecule has 2 heterocycles. The normalized spacial score (nSPS) is 10.9. The van der Waals surface area contributed by atoms with Crippen LogP contribution in [-0.4, -0.2) is 29.3 Å². The minimum atomic E-state index is 0.753. The number of nitrogens with zero attached hydrogens (tertiary/aromatic N) is 3. The Kier molecular flexibility index (Phi) is 5.03. The SMILES string of the molecule is Cc1ccc(CSc2nc(Cc3ccc(N(C)C)cc3)n[nH]2)s1. The molecule has 6 heteroatoms. The van der Waals surface area contributed by atoms with E-state index >= 15 is 0 Å². The molecule has 0 spiro atoms. The number of rotatable bonds is 6. The van der Waals surface area contributed by atoms with Crippen LogP contribution in [0, 0.1) is 6.92 Å². The van der Waals surface area contributed by atoms with Crippen LogP contribution < -0.4 is 4.90 Å². The van der Waals surface area contributed by atoms with Gasteiger partial charge in [0, 0.05) is 41.7 Å². The molecule has 0 saturated carbocycles. The summed E-state index contributed by atoms with van der Waals surface area (Å²) in [6.45, 7) is 2.13. The fourth-order valence-corrected chi connectivity index (χ4v) is 3.97. The molecule has 23 heavy (non-hydrogen) atoms. The molecule has 0 unspecified atom stereocenters. The molecule has 3 aromatic rings. The Bertz CT molecular complexity index is 759. The van der Waals surface area contributed by atoms with Gasteiger partial charge in [-0.2, -0.15) is 5.10 Å². The van der Waals surface area contributed by atoms with Crippen LogP contribution in [0.5, 0.6) is 0 Å². The van der Waals surface area contributed by atoms with Crippen molar-refractivity contribution in [2.45, 2.75) is 24.3 Å². The molecule has 0 amide bonds. The van der Waals surface area contributed by atoms with Crippen LogP contribution in [0.15, 0.2) is 41.6 Å². The van der Waals surface area contributed by atoms with Gasteiger partial charge >= 0.3 is 0 Å². The Morgan fingerprint density at radius 2 is 1.91 bits per heavy atom. The molecule has 0 atom stereocenters. The van der Waals surface area contributed by atoms with Crippen LogP contribution in [0.2, 0.25) is 0 Å². The number of hydrogen-bond donors (Lipinski definition) is 1. The van der Waals surface area contributed by atoms with Gasteiger partial charge in [-0.25, -0.2) is 4.98 Å². The highest BCUT2D eigenvalue weighted by molar-refractivity contribution is 7.98. The first-order valence-electron chi connectivity index (χ1n) is 7.46. The molecule has 1 aromatic carbocycles. The summed E-state index contributed by atoms with van der Waals surface area (Å²) in [5.74, 6) is 1.78. The minimum absolute atomic E-state index is 0.753. The summed E-state index contributed by atoms with van der Waals surface area (Å²) in [5.41, 5.74) is 2.42. The first kappa shape index (κ1) is 16.1. The zero-order chi connectivity index (χ0) is 16.2. The second kappa shape index (κ2) is 7.19. The highest BCUT2D eigenvalue weighted by Gasteiger charge is 2.06. The van der Waals surface area contributed by atoms with Gasteiger partial charge in [0.2, 0.25) is 0 Å². The van der Waals surface area contributed by atoms with Crippen LogP contribution in [-0.2, 0) is 12.2 Å². The van der Waals surface area contributed by atoms with Gasteiger partial charge in [0.15, 0.2) is 11.0 Å². The van der Waals surface area contributed by atoms with Crippen LogP contribution in [0.3, 0.4) is 0 Å². The molecule has 120 valence electrons. The number of thioether (sulfide) groups is 1. The van der Waals surface area contributed by atoms with E-state index in [0.29, 0.717) is 0 Å². The van der Waals surface area contributed by atoms with Gasteiger partial charge in [0.25, 0.3) is 0 Å². The molecular formula is C17H20N4S2. The average molecular weight is 345 g/mol. The largest absolute Gasteiger partial charge is 0.378 e. The molecule has 0 aliphatic carbocycles. The maximum atomic E-state index is 4.58. The van der Waals surface area contributed by atoms with Gasteiger partial charge in [-0.3, -0.25) is 5.10 Å². The van der Waals surface area contributed by atoms with Gasteiger partial charge in [-0.05, 0) is 36.8 Å².